The van der Waals surface area contributed by atoms with Crippen LogP contribution in [0.3, 0.4) is 0 Å². The van der Waals surface area contributed by atoms with Gasteiger partial charge in [0.1, 0.15) is 13.2 Å². The van der Waals surface area contributed by atoms with Gasteiger partial charge in [-0.3, -0.25) is 0 Å². The highest BCUT2D eigenvalue weighted by molar-refractivity contribution is 5.56. The van der Waals surface area contributed by atoms with Crippen LogP contribution in [0.4, 0.5) is 5.69 Å². The van der Waals surface area contributed by atoms with Crippen LogP contribution in [0.2, 0.25) is 0 Å². The van der Waals surface area contributed by atoms with E-state index in [0.29, 0.717) is 25.2 Å². The van der Waals surface area contributed by atoms with E-state index in [-0.39, 0.29) is 0 Å². The largest absolute Gasteiger partial charge is 0.486 e. The molecular weight excluding hydrogens is 262 g/mol. The fraction of sp³-hybridized carbons (Fsp3) is 0.333. The molecule has 1 heterocycles. The monoisotopic (exact) mass is 281 g/mol. The van der Waals surface area contributed by atoms with Gasteiger partial charge in [-0.15, -0.1) is 0 Å². The van der Waals surface area contributed by atoms with E-state index in [9.17, 15) is 0 Å². The Morgan fingerprint density at radius 3 is 2.43 bits per heavy atom. The molecule has 1 N–H and O–H groups in total. The first-order valence-electron chi connectivity index (χ1n) is 7.59. The van der Waals surface area contributed by atoms with Gasteiger partial charge in [-0.25, -0.2) is 0 Å². The summed E-state index contributed by atoms with van der Waals surface area (Å²) in [5, 5.41) is 3.59. The number of ether oxygens (including phenoxy) is 2. The molecule has 1 aliphatic carbocycles. The lowest BCUT2D eigenvalue weighted by Gasteiger charge is -2.37. The molecule has 1 aliphatic heterocycles. The number of anilines is 1. The van der Waals surface area contributed by atoms with Crippen LogP contribution < -0.4 is 14.8 Å². The maximum Gasteiger partial charge on any atom is 0.163 e. The van der Waals surface area contributed by atoms with Crippen molar-refractivity contribution in [1.82, 2.24) is 0 Å². The average Bonchev–Trinajstić information content (AvgIpc) is 2.51. The lowest BCUT2D eigenvalue weighted by molar-refractivity contribution is 0.171. The summed E-state index contributed by atoms with van der Waals surface area (Å²) >= 11 is 0. The van der Waals surface area contributed by atoms with Crippen molar-refractivity contribution < 1.29 is 9.47 Å². The maximum atomic E-state index is 5.62. The molecular formula is C18H19NO2. The fourth-order valence-corrected chi connectivity index (χ4v) is 3.10. The molecule has 21 heavy (non-hydrogen) atoms. The van der Waals surface area contributed by atoms with Crippen molar-refractivity contribution in [3.05, 3.63) is 54.1 Å². The summed E-state index contributed by atoms with van der Waals surface area (Å²) in [6.45, 7) is 1.27. The average molecular weight is 281 g/mol. The molecule has 2 aromatic rings. The zero-order valence-electron chi connectivity index (χ0n) is 11.9. The van der Waals surface area contributed by atoms with Gasteiger partial charge in [-0.1, -0.05) is 30.3 Å². The molecule has 2 aromatic carbocycles. The molecule has 0 saturated heterocycles. The third kappa shape index (κ3) is 2.56. The zero-order valence-corrected chi connectivity index (χ0v) is 11.9. The van der Waals surface area contributed by atoms with Crippen LogP contribution >= 0.6 is 0 Å². The van der Waals surface area contributed by atoms with Gasteiger partial charge in [-0.05, 0) is 36.5 Å². The van der Waals surface area contributed by atoms with Crippen LogP contribution in [0.5, 0.6) is 11.5 Å². The van der Waals surface area contributed by atoms with Crippen LogP contribution in [-0.2, 0) is 0 Å². The first kappa shape index (κ1) is 12.6. The van der Waals surface area contributed by atoms with Crippen molar-refractivity contribution in [2.24, 2.45) is 0 Å². The minimum Gasteiger partial charge on any atom is -0.486 e. The quantitative estimate of drug-likeness (QED) is 0.928. The number of hydrogen-bond acceptors (Lipinski definition) is 3. The topological polar surface area (TPSA) is 30.5 Å². The van der Waals surface area contributed by atoms with Crippen LogP contribution in [0.1, 0.15) is 24.3 Å². The second kappa shape index (κ2) is 5.32. The minimum atomic E-state index is 0.553. The Labute approximate surface area is 124 Å². The van der Waals surface area contributed by atoms with E-state index >= 15 is 0 Å². The number of benzene rings is 2. The smallest absolute Gasteiger partial charge is 0.163 e. The van der Waals surface area contributed by atoms with Gasteiger partial charge in [-0.2, -0.15) is 0 Å². The molecule has 0 radical (unpaired) electrons. The molecule has 3 heteroatoms. The SMILES string of the molecule is c1ccc(C2CC(Nc3ccc4c(c3)OCCO4)C2)cc1. The number of hydrogen-bond donors (Lipinski definition) is 1. The predicted molar refractivity (Wildman–Crippen MR) is 83.3 cm³/mol. The first-order chi connectivity index (χ1) is 10.4. The van der Waals surface area contributed by atoms with E-state index < -0.39 is 0 Å². The Balaban J connectivity index is 1.38. The Morgan fingerprint density at radius 2 is 1.62 bits per heavy atom. The number of fused-ring (bicyclic) bond motifs is 1. The van der Waals surface area contributed by atoms with E-state index in [2.05, 4.69) is 41.7 Å². The summed E-state index contributed by atoms with van der Waals surface area (Å²) in [5.41, 5.74) is 2.58. The van der Waals surface area contributed by atoms with E-state index in [1.165, 1.54) is 18.4 Å². The van der Waals surface area contributed by atoms with E-state index in [1.807, 2.05) is 12.1 Å². The Hall–Kier alpha value is -2.16. The minimum absolute atomic E-state index is 0.553. The van der Waals surface area contributed by atoms with Gasteiger partial charge in [0.05, 0.1) is 0 Å². The summed E-state index contributed by atoms with van der Waals surface area (Å²) in [6.07, 6.45) is 2.39. The van der Waals surface area contributed by atoms with Crippen molar-refractivity contribution in [3.63, 3.8) is 0 Å². The number of nitrogens with one attached hydrogen (secondary N) is 1. The highest BCUT2D eigenvalue weighted by atomic mass is 16.6. The number of rotatable bonds is 3. The van der Waals surface area contributed by atoms with Gasteiger partial charge >= 0.3 is 0 Å². The van der Waals surface area contributed by atoms with Gasteiger partial charge in [0.15, 0.2) is 11.5 Å². The normalized spacial score (nSPS) is 23.2. The van der Waals surface area contributed by atoms with E-state index in [0.717, 1.165) is 17.2 Å². The Bertz CT molecular complexity index is 620. The lowest BCUT2D eigenvalue weighted by atomic mass is 9.76. The first-order valence-corrected chi connectivity index (χ1v) is 7.59. The van der Waals surface area contributed by atoms with E-state index in [1.54, 1.807) is 0 Å². The molecule has 1 fully saturated rings. The van der Waals surface area contributed by atoms with Crippen molar-refractivity contribution in [3.8, 4) is 11.5 Å². The summed E-state index contributed by atoms with van der Waals surface area (Å²) in [7, 11) is 0. The Kier molecular flexibility index (Phi) is 3.18. The summed E-state index contributed by atoms with van der Waals surface area (Å²) in [5.74, 6) is 2.40. The standard InChI is InChI=1S/C18H19NO2/c1-2-4-13(5-3-1)14-10-16(11-14)19-15-6-7-17-18(12-15)21-9-8-20-17/h1-7,12,14,16,19H,8-11H2. The Morgan fingerprint density at radius 1 is 0.857 bits per heavy atom. The summed E-state index contributed by atoms with van der Waals surface area (Å²) in [6, 6.07) is 17.4. The van der Waals surface area contributed by atoms with Crippen LogP contribution in [0.25, 0.3) is 0 Å². The molecule has 0 spiro atoms. The van der Waals surface area contributed by atoms with Crippen molar-refractivity contribution >= 4 is 5.69 Å². The molecule has 108 valence electrons. The molecule has 0 unspecified atom stereocenters. The van der Waals surface area contributed by atoms with E-state index in [4.69, 9.17) is 9.47 Å². The molecule has 0 atom stereocenters. The molecule has 0 bridgehead atoms. The molecule has 2 aliphatic rings. The van der Waals surface area contributed by atoms with Gasteiger partial charge in [0.2, 0.25) is 0 Å². The highest BCUT2D eigenvalue weighted by Gasteiger charge is 2.30. The molecule has 0 aromatic heterocycles. The van der Waals surface area contributed by atoms with Gasteiger partial charge in [0, 0.05) is 17.8 Å². The van der Waals surface area contributed by atoms with Crippen LogP contribution in [0.15, 0.2) is 48.5 Å². The second-order valence-electron chi connectivity index (χ2n) is 5.78. The van der Waals surface area contributed by atoms with Gasteiger partial charge < -0.3 is 14.8 Å². The maximum absolute atomic E-state index is 5.62. The van der Waals surface area contributed by atoms with Crippen molar-refractivity contribution in [1.29, 1.82) is 0 Å². The fourth-order valence-electron chi connectivity index (χ4n) is 3.10. The van der Waals surface area contributed by atoms with Crippen LogP contribution in [-0.4, -0.2) is 19.3 Å². The molecule has 1 saturated carbocycles. The zero-order chi connectivity index (χ0) is 14.1. The molecule has 0 amide bonds. The molecule has 4 rings (SSSR count). The highest BCUT2D eigenvalue weighted by Crippen LogP contribution is 2.39. The van der Waals surface area contributed by atoms with Crippen LogP contribution in [0, 0.1) is 0 Å². The van der Waals surface area contributed by atoms with Gasteiger partial charge in [0.25, 0.3) is 0 Å². The predicted octanol–water partition coefficient (Wildman–Crippen LogP) is 3.82. The molecule has 3 nitrogen and oxygen atoms in total. The van der Waals surface area contributed by atoms with Crippen molar-refractivity contribution in [2.45, 2.75) is 24.8 Å². The third-order valence-electron chi connectivity index (χ3n) is 4.32. The lowest BCUT2D eigenvalue weighted by Crippen LogP contribution is -2.34. The third-order valence-corrected chi connectivity index (χ3v) is 4.32. The summed E-state index contributed by atoms with van der Waals surface area (Å²) in [4.78, 5) is 0. The summed E-state index contributed by atoms with van der Waals surface area (Å²) < 4.78 is 11.2. The van der Waals surface area contributed by atoms with Crippen molar-refractivity contribution in [2.75, 3.05) is 18.5 Å². The second-order valence-corrected chi connectivity index (χ2v) is 5.78.